The first-order valence-corrected chi connectivity index (χ1v) is 35.5. The molecular formula is C67H116O16P2. The van der Waals surface area contributed by atoms with Gasteiger partial charge < -0.3 is 34.2 Å². The van der Waals surface area contributed by atoms with Gasteiger partial charge in [-0.3, -0.25) is 32.5 Å². The van der Waals surface area contributed by atoms with Crippen molar-refractivity contribution in [3.05, 3.63) is 97.2 Å². The van der Waals surface area contributed by atoms with Gasteiger partial charge in [0.1, 0.15) is 25.4 Å². The number of aliphatic hydroxyl groups excluding tert-OH is 2. The van der Waals surface area contributed by atoms with Crippen LogP contribution in [0.5, 0.6) is 0 Å². The third-order valence-electron chi connectivity index (χ3n) is 13.3. The Labute approximate surface area is 514 Å². The molecule has 16 nitrogen and oxygen atoms in total. The fourth-order valence-electron chi connectivity index (χ4n) is 8.38. The molecule has 0 spiro atoms. The largest absolute Gasteiger partial charge is 0.472 e. The molecule has 18 heteroatoms. The monoisotopic (exact) mass is 1240 g/mol. The van der Waals surface area contributed by atoms with Gasteiger partial charge in [-0.05, 0) is 96.3 Å². The van der Waals surface area contributed by atoms with Gasteiger partial charge in [-0.25, -0.2) is 9.13 Å². The smallest absolute Gasteiger partial charge is 0.463 e. The maximum Gasteiger partial charge on any atom is 0.472 e. The van der Waals surface area contributed by atoms with Crippen molar-refractivity contribution in [2.75, 3.05) is 39.6 Å². The lowest BCUT2D eigenvalue weighted by atomic mass is 10.0. The van der Waals surface area contributed by atoms with Crippen molar-refractivity contribution in [2.45, 2.75) is 270 Å². The number of allylic oxidation sites excluding steroid dienone is 16. The van der Waals surface area contributed by atoms with E-state index in [1.807, 2.05) is 0 Å². The molecule has 0 bridgehead atoms. The molecule has 0 fully saturated rings. The Hall–Kier alpha value is -3.53. The molecule has 5 atom stereocenters. The highest BCUT2D eigenvalue weighted by Gasteiger charge is 2.29. The Kier molecular flexibility index (Phi) is 58.2. The third-order valence-corrected chi connectivity index (χ3v) is 15.2. The number of unbranched alkanes of at least 4 members (excludes halogenated alkanes) is 22. The number of rotatable bonds is 61. The van der Waals surface area contributed by atoms with Crippen LogP contribution in [0.1, 0.15) is 252 Å². The number of hydrogen-bond donors (Lipinski definition) is 4. The Morgan fingerprint density at radius 1 is 0.341 bits per heavy atom. The van der Waals surface area contributed by atoms with Crippen molar-refractivity contribution in [1.29, 1.82) is 0 Å². The van der Waals surface area contributed by atoms with Crippen LogP contribution in [0.2, 0.25) is 0 Å². The second-order valence-corrected chi connectivity index (χ2v) is 24.4. The molecule has 0 heterocycles. The maximum absolute atomic E-state index is 12.9. The van der Waals surface area contributed by atoms with Crippen LogP contribution in [-0.2, 0) is 55.8 Å². The van der Waals surface area contributed by atoms with E-state index in [0.717, 1.165) is 141 Å². The number of phosphoric ester groups is 2. The van der Waals surface area contributed by atoms with Gasteiger partial charge in [0.05, 0.1) is 26.4 Å². The van der Waals surface area contributed by atoms with Gasteiger partial charge in [0, 0.05) is 19.3 Å². The van der Waals surface area contributed by atoms with E-state index in [-0.39, 0.29) is 19.3 Å². The fourth-order valence-corrected chi connectivity index (χ4v) is 9.96. The average Bonchev–Trinajstić information content (AvgIpc) is 3.51. The summed E-state index contributed by atoms with van der Waals surface area (Å²) in [6.45, 7) is 2.39. The standard InChI is InChI=1S/C67H116O16P2/c1-4-7-10-13-16-19-22-25-27-29-30-32-34-36-38-41-44-47-50-53-65(70)77-56-62(68)57-79-84(73,74)80-58-63(69)59-81-85(75,76)82-61-64(83-67(72)55-52-49-46-43-40-35-24-21-18-15-12-9-6-3)60-78-66(71)54-51-48-45-42-39-37-33-31-28-26-23-20-17-14-11-8-5-2/h7-8,10-11,16-17,19-20,25-28,30,32,36,38,62-64,68-69H,4-6,9,12-15,18,21-24,29,31,33-35,37,39-61H2,1-3H3,(H,73,74)(H,75,76)/b10-7-,11-8-,19-16-,20-17-,27-25-,28-26-,32-30-,38-36-. The first-order valence-electron chi connectivity index (χ1n) is 32.5. The first kappa shape index (κ1) is 81.5. The zero-order valence-corrected chi connectivity index (χ0v) is 54.5. The Balaban J connectivity index is 4.68. The highest BCUT2D eigenvalue weighted by molar-refractivity contribution is 7.47. The molecule has 0 saturated heterocycles. The van der Waals surface area contributed by atoms with Crippen LogP contribution in [0, 0.1) is 0 Å². The number of carbonyl (C=O) groups excluding carboxylic acids is 3. The van der Waals surface area contributed by atoms with Crippen molar-refractivity contribution in [3.63, 3.8) is 0 Å². The van der Waals surface area contributed by atoms with Gasteiger partial charge in [0.15, 0.2) is 6.10 Å². The van der Waals surface area contributed by atoms with Crippen LogP contribution >= 0.6 is 15.6 Å². The summed E-state index contributed by atoms with van der Waals surface area (Å²) in [5.41, 5.74) is 0. The van der Waals surface area contributed by atoms with Crippen molar-refractivity contribution < 1.29 is 75.8 Å². The van der Waals surface area contributed by atoms with Crippen molar-refractivity contribution in [1.82, 2.24) is 0 Å². The van der Waals surface area contributed by atoms with E-state index in [1.165, 1.54) is 51.4 Å². The Morgan fingerprint density at radius 3 is 1.00 bits per heavy atom. The van der Waals surface area contributed by atoms with Crippen molar-refractivity contribution >= 4 is 33.6 Å². The quantitative estimate of drug-likeness (QED) is 0.0146. The predicted molar refractivity (Wildman–Crippen MR) is 344 cm³/mol. The SMILES string of the molecule is CC/C=C\C/C=C\C/C=C\C/C=C\C/C=C\CCCCCC(=O)OCC(O)COP(=O)(O)OCC(O)COP(=O)(O)OCC(COC(=O)CCCCCCCCC/C=C\C/C=C\C/C=C\CC)OC(=O)CCCCCCCCCCCCCCC. The van der Waals surface area contributed by atoms with Gasteiger partial charge in [0.2, 0.25) is 0 Å². The normalized spacial score (nSPS) is 15.0. The minimum Gasteiger partial charge on any atom is -0.463 e. The molecule has 4 N–H and O–H groups in total. The lowest BCUT2D eigenvalue weighted by Gasteiger charge is -2.21. The average molecular weight is 1240 g/mol. The lowest BCUT2D eigenvalue weighted by molar-refractivity contribution is -0.161. The minimum atomic E-state index is -4.92. The van der Waals surface area contributed by atoms with E-state index < -0.39 is 91.5 Å². The van der Waals surface area contributed by atoms with E-state index in [1.54, 1.807) is 0 Å². The lowest BCUT2D eigenvalue weighted by Crippen LogP contribution is -2.30. The molecule has 0 aliphatic carbocycles. The summed E-state index contributed by atoms with van der Waals surface area (Å²) < 4.78 is 60.7. The van der Waals surface area contributed by atoms with Crippen LogP contribution in [-0.4, -0.2) is 95.9 Å². The molecule has 0 aliphatic heterocycles. The molecule has 5 unspecified atom stereocenters. The van der Waals surface area contributed by atoms with Gasteiger partial charge in [-0.2, -0.15) is 0 Å². The number of ether oxygens (including phenoxy) is 3. The summed E-state index contributed by atoms with van der Waals surface area (Å²) in [7, 11) is -9.78. The molecule has 0 aromatic rings. The van der Waals surface area contributed by atoms with Gasteiger partial charge in [-0.1, -0.05) is 234 Å². The van der Waals surface area contributed by atoms with Gasteiger partial charge >= 0.3 is 33.6 Å². The Bertz CT molecular complexity index is 1940. The van der Waals surface area contributed by atoms with E-state index in [2.05, 4.69) is 118 Å². The summed E-state index contributed by atoms with van der Waals surface area (Å²) in [5.74, 6) is -1.61. The van der Waals surface area contributed by atoms with E-state index in [9.17, 15) is 43.5 Å². The van der Waals surface area contributed by atoms with Crippen molar-refractivity contribution in [2.24, 2.45) is 0 Å². The number of aliphatic hydroxyl groups is 2. The highest BCUT2D eigenvalue weighted by Crippen LogP contribution is 2.45. The second kappa shape index (κ2) is 60.7. The molecule has 490 valence electrons. The number of phosphoric acid groups is 2. The van der Waals surface area contributed by atoms with Crippen LogP contribution in [0.3, 0.4) is 0 Å². The van der Waals surface area contributed by atoms with Crippen LogP contribution in [0.25, 0.3) is 0 Å². The summed E-state index contributed by atoms with van der Waals surface area (Å²) in [6.07, 6.45) is 64.6. The molecule has 0 saturated carbocycles. The molecule has 0 rings (SSSR count). The summed E-state index contributed by atoms with van der Waals surface area (Å²) in [4.78, 5) is 58.2. The molecule has 0 aromatic carbocycles. The molecule has 0 aliphatic rings. The van der Waals surface area contributed by atoms with E-state index >= 15 is 0 Å². The molecule has 0 amide bonds. The second-order valence-electron chi connectivity index (χ2n) is 21.5. The van der Waals surface area contributed by atoms with Crippen LogP contribution in [0.4, 0.5) is 0 Å². The minimum absolute atomic E-state index is 0.104. The van der Waals surface area contributed by atoms with Gasteiger partial charge in [-0.15, -0.1) is 0 Å². The summed E-state index contributed by atoms with van der Waals surface area (Å²) in [6, 6.07) is 0. The molecule has 85 heavy (non-hydrogen) atoms. The molecular weight excluding hydrogens is 1120 g/mol. The van der Waals surface area contributed by atoms with Gasteiger partial charge in [0.25, 0.3) is 0 Å². The maximum atomic E-state index is 12.9. The summed E-state index contributed by atoms with van der Waals surface area (Å²) >= 11 is 0. The zero-order valence-electron chi connectivity index (χ0n) is 52.8. The molecule has 0 radical (unpaired) electrons. The zero-order chi connectivity index (χ0) is 62.4. The summed E-state index contributed by atoms with van der Waals surface area (Å²) in [5, 5.41) is 20.5. The van der Waals surface area contributed by atoms with E-state index in [0.29, 0.717) is 19.3 Å². The van der Waals surface area contributed by atoms with E-state index in [4.69, 9.17) is 32.3 Å². The number of hydrogen-bond acceptors (Lipinski definition) is 14. The fraction of sp³-hybridized carbons (Fsp3) is 0.716. The predicted octanol–water partition coefficient (Wildman–Crippen LogP) is 17.5. The molecule has 0 aromatic heterocycles. The topological polar surface area (TPSA) is 231 Å². The van der Waals surface area contributed by atoms with Crippen LogP contribution in [0.15, 0.2) is 97.2 Å². The number of carbonyl (C=O) groups is 3. The van der Waals surface area contributed by atoms with Crippen molar-refractivity contribution in [3.8, 4) is 0 Å². The number of esters is 3. The first-order chi connectivity index (χ1) is 41.2. The highest BCUT2D eigenvalue weighted by atomic mass is 31.2. The Morgan fingerprint density at radius 2 is 0.624 bits per heavy atom. The third kappa shape index (κ3) is 61.9. The van der Waals surface area contributed by atoms with Crippen LogP contribution < -0.4 is 0 Å².